The van der Waals surface area contributed by atoms with E-state index in [1.54, 1.807) is 0 Å². The van der Waals surface area contributed by atoms with Gasteiger partial charge < -0.3 is 0 Å². The van der Waals surface area contributed by atoms with Crippen LogP contribution in [0.4, 0.5) is 0 Å². The SMILES string of the molecule is CC1C=CCCN1Cc1ccccc1. The van der Waals surface area contributed by atoms with Gasteiger partial charge in [-0.25, -0.2) is 0 Å². The Morgan fingerprint density at radius 3 is 2.79 bits per heavy atom. The highest BCUT2D eigenvalue weighted by molar-refractivity contribution is 5.15. The molecule has 0 aliphatic carbocycles. The molecule has 0 N–H and O–H groups in total. The quantitative estimate of drug-likeness (QED) is 0.643. The second-order valence-electron chi connectivity index (χ2n) is 3.91. The molecule has 1 nitrogen and oxygen atoms in total. The van der Waals surface area contributed by atoms with Crippen LogP contribution in [-0.2, 0) is 6.54 Å². The highest BCUT2D eigenvalue weighted by Crippen LogP contribution is 2.13. The first-order chi connectivity index (χ1) is 6.86. The summed E-state index contributed by atoms with van der Waals surface area (Å²) in [6.45, 7) is 4.53. The fraction of sp³-hybridized carbons (Fsp3) is 0.385. The van der Waals surface area contributed by atoms with Crippen molar-refractivity contribution >= 4 is 0 Å². The highest BCUT2D eigenvalue weighted by atomic mass is 15.1. The van der Waals surface area contributed by atoms with Crippen molar-refractivity contribution in [2.75, 3.05) is 6.54 Å². The first kappa shape index (κ1) is 9.47. The number of nitrogens with zero attached hydrogens (tertiary/aromatic N) is 1. The molecule has 1 atom stereocenters. The van der Waals surface area contributed by atoms with E-state index in [2.05, 4.69) is 54.3 Å². The third-order valence-corrected chi connectivity index (χ3v) is 2.80. The van der Waals surface area contributed by atoms with E-state index in [0.717, 1.165) is 6.54 Å². The van der Waals surface area contributed by atoms with Gasteiger partial charge in [0.25, 0.3) is 0 Å². The number of hydrogen-bond acceptors (Lipinski definition) is 1. The van der Waals surface area contributed by atoms with Gasteiger partial charge in [0.15, 0.2) is 0 Å². The maximum atomic E-state index is 2.51. The first-order valence-corrected chi connectivity index (χ1v) is 5.31. The molecule has 0 saturated carbocycles. The average Bonchev–Trinajstić information content (AvgIpc) is 2.23. The van der Waals surface area contributed by atoms with Gasteiger partial charge in [-0.3, -0.25) is 4.90 Å². The first-order valence-electron chi connectivity index (χ1n) is 5.31. The Morgan fingerprint density at radius 2 is 2.07 bits per heavy atom. The number of rotatable bonds is 2. The number of hydrogen-bond donors (Lipinski definition) is 0. The molecular weight excluding hydrogens is 170 g/mol. The monoisotopic (exact) mass is 187 g/mol. The Bertz CT molecular complexity index is 302. The Hall–Kier alpha value is -1.08. The molecule has 0 radical (unpaired) electrons. The van der Waals surface area contributed by atoms with E-state index in [1.165, 1.54) is 18.5 Å². The van der Waals surface area contributed by atoms with Gasteiger partial charge in [-0.05, 0) is 18.9 Å². The molecule has 0 saturated heterocycles. The van der Waals surface area contributed by atoms with E-state index >= 15 is 0 Å². The van der Waals surface area contributed by atoms with Crippen molar-refractivity contribution in [3.05, 3.63) is 48.0 Å². The predicted molar refractivity (Wildman–Crippen MR) is 60.1 cm³/mol. The zero-order valence-corrected chi connectivity index (χ0v) is 8.69. The molecular formula is C13H17N. The molecule has 1 aliphatic heterocycles. The second kappa shape index (κ2) is 4.43. The summed E-state index contributed by atoms with van der Waals surface area (Å²) in [5.41, 5.74) is 1.41. The Kier molecular flexibility index (Phi) is 3.00. The minimum absolute atomic E-state index is 0.587. The largest absolute Gasteiger partial charge is 0.293 e. The van der Waals surface area contributed by atoms with Crippen LogP contribution in [0.2, 0.25) is 0 Å². The lowest BCUT2D eigenvalue weighted by atomic mass is 10.1. The lowest BCUT2D eigenvalue weighted by molar-refractivity contribution is 0.227. The van der Waals surface area contributed by atoms with E-state index in [9.17, 15) is 0 Å². The van der Waals surface area contributed by atoms with E-state index in [4.69, 9.17) is 0 Å². The minimum Gasteiger partial charge on any atom is -0.293 e. The van der Waals surface area contributed by atoms with Crippen LogP contribution >= 0.6 is 0 Å². The molecule has 1 heteroatoms. The van der Waals surface area contributed by atoms with Crippen molar-refractivity contribution in [3.63, 3.8) is 0 Å². The summed E-state index contributed by atoms with van der Waals surface area (Å²) in [5.74, 6) is 0. The fourth-order valence-corrected chi connectivity index (χ4v) is 1.90. The molecule has 0 fully saturated rings. The molecule has 0 bridgehead atoms. The van der Waals surface area contributed by atoms with E-state index in [1.807, 2.05) is 0 Å². The molecule has 0 spiro atoms. The van der Waals surface area contributed by atoms with Gasteiger partial charge in [0.05, 0.1) is 0 Å². The Labute approximate surface area is 86.1 Å². The zero-order chi connectivity index (χ0) is 9.80. The van der Waals surface area contributed by atoms with Crippen LogP contribution in [0, 0.1) is 0 Å². The molecule has 1 unspecified atom stereocenters. The van der Waals surface area contributed by atoms with Gasteiger partial charge in [-0.15, -0.1) is 0 Å². The molecule has 1 heterocycles. The van der Waals surface area contributed by atoms with Crippen molar-refractivity contribution in [2.24, 2.45) is 0 Å². The number of benzene rings is 1. The average molecular weight is 187 g/mol. The summed E-state index contributed by atoms with van der Waals surface area (Å²) in [6.07, 6.45) is 5.77. The highest BCUT2D eigenvalue weighted by Gasteiger charge is 2.13. The van der Waals surface area contributed by atoms with Crippen LogP contribution in [-0.4, -0.2) is 17.5 Å². The molecule has 0 amide bonds. The molecule has 0 aromatic heterocycles. The second-order valence-corrected chi connectivity index (χ2v) is 3.91. The molecule has 1 aromatic rings. The standard InChI is InChI=1S/C13H17N/c1-12-7-5-6-10-14(12)11-13-8-3-2-4-9-13/h2-5,7-9,12H,6,10-11H2,1H3. The maximum absolute atomic E-state index is 2.51. The predicted octanol–water partition coefficient (Wildman–Crippen LogP) is 2.84. The van der Waals surface area contributed by atoms with Crippen LogP contribution in [0.15, 0.2) is 42.5 Å². The minimum atomic E-state index is 0.587. The summed E-state index contributed by atoms with van der Waals surface area (Å²) in [5, 5.41) is 0. The van der Waals surface area contributed by atoms with Crippen molar-refractivity contribution in [3.8, 4) is 0 Å². The third kappa shape index (κ3) is 2.24. The molecule has 2 rings (SSSR count). The van der Waals surface area contributed by atoms with Crippen molar-refractivity contribution in [1.82, 2.24) is 4.90 Å². The molecule has 1 aromatic carbocycles. The third-order valence-electron chi connectivity index (χ3n) is 2.80. The summed E-state index contributed by atoms with van der Waals surface area (Å²) in [4.78, 5) is 2.51. The summed E-state index contributed by atoms with van der Waals surface area (Å²) < 4.78 is 0. The van der Waals surface area contributed by atoms with E-state index in [0.29, 0.717) is 6.04 Å². The van der Waals surface area contributed by atoms with Crippen LogP contribution in [0.5, 0.6) is 0 Å². The molecule has 1 aliphatic rings. The zero-order valence-electron chi connectivity index (χ0n) is 8.69. The van der Waals surface area contributed by atoms with Crippen LogP contribution in [0.25, 0.3) is 0 Å². The van der Waals surface area contributed by atoms with Gasteiger partial charge in [-0.2, -0.15) is 0 Å². The lowest BCUT2D eigenvalue weighted by Gasteiger charge is -2.29. The van der Waals surface area contributed by atoms with Crippen molar-refractivity contribution in [1.29, 1.82) is 0 Å². The van der Waals surface area contributed by atoms with Gasteiger partial charge in [0.2, 0.25) is 0 Å². The van der Waals surface area contributed by atoms with Crippen molar-refractivity contribution in [2.45, 2.75) is 25.9 Å². The summed E-state index contributed by atoms with van der Waals surface area (Å²) in [6, 6.07) is 11.3. The normalized spacial score (nSPS) is 22.5. The van der Waals surface area contributed by atoms with Gasteiger partial charge in [-0.1, -0.05) is 42.5 Å². The molecule has 74 valence electrons. The van der Waals surface area contributed by atoms with E-state index in [-0.39, 0.29) is 0 Å². The van der Waals surface area contributed by atoms with Crippen LogP contribution < -0.4 is 0 Å². The van der Waals surface area contributed by atoms with Gasteiger partial charge >= 0.3 is 0 Å². The molecule has 14 heavy (non-hydrogen) atoms. The van der Waals surface area contributed by atoms with E-state index < -0.39 is 0 Å². The van der Waals surface area contributed by atoms with Gasteiger partial charge in [0.1, 0.15) is 0 Å². The van der Waals surface area contributed by atoms with Crippen LogP contribution in [0.1, 0.15) is 18.9 Å². The fourth-order valence-electron chi connectivity index (χ4n) is 1.90. The Morgan fingerprint density at radius 1 is 1.29 bits per heavy atom. The smallest absolute Gasteiger partial charge is 0.0253 e. The maximum Gasteiger partial charge on any atom is 0.0253 e. The lowest BCUT2D eigenvalue weighted by Crippen LogP contribution is -2.34. The summed E-state index contributed by atoms with van der Waals surface area (Å²) in [7, 11) is 0. The van der Waals surface area contributed by atoms with Gasteiger partial charge in [0, 0.05) is 19.1 Å². The summed E-state index contributed by atoms with van der Waals surface area (Å²) >= 11 is 0. The van der Waals surface area contributed by atoms with Crippen molar-refractivity contribution < 1.29 is 0 Å². The van der Waals surface area contributed by atoms with Crippen LogP contribution in [0.3, 0.4) is 0 Å². The Balaban J connectivity index is 2.01. The topological polar surface area (TPSA) is 3.24 Å².